The normalized spacial score (nSPS) is 23.4. The van der Waals surface area contributed by atoms with Gasteiger partial charge < -0.3 is 5.73 Å². The average molecular weight is 210 g/mol. The fraction of sp³-hybridized carbons (Fsp3) is 1.00. The molecule has 2 heteroatoms. The summed E-state index contributed by atoms with van der Waals surface area (Å²) >= 11 is 0. The summed E-state index contributed by atoms with van der Waals surface area (Å²) in [6.45, 7) is 5.84. The van der Waals surface area contributed by atoms with E-state index in [0.717, 1.165) is 12.6 Å². The van der Waals surface area contributed by atoms with E-state index < -0.39 is 0 Å². The molecule has 2 rings (SSSR count). The van der Waals surface area contributed by atoms with Crippen molar-refractivity contribution in [3.05, 3.63) is 0 Å². The van der Waals surface area contributed by atoms with Crippen LogP contribution in [0.1, 0.15) is 51.9 Å². The molecule has 0 amide bonds. The SMILES string of the molecule is CCCCN(CC1(CCN)CC1)C1CC1. The fourth-order valence-electron chi connectivity index (χ4n) is 2.59. The lowest BCUT2D eigenvalue weighted by atomic mass is 10.0. The van der Waals surface area contributed by atoms with Gasteiger partial charge in [-0.2, -0.15) is 0 Å². The zero-order chi connectivity index (χ0) is 10.7. The van der Waals surface area contributed by atoms with Gasteiger partial charge in [-0.15, -0.1) is 0 Å². The van der Waals surface area contributed by atoms with Gasteiger partial charge >= 0.3 is 0 Å². The lowest BCUT2D eigenvalue weighted by Gasteiger charge is -2.27. The molecule has 0 aliphatic heterocycles. The summed E-state index contributed by atoms with van der Waals surface area (Å²) < 4.78 is 0. The Morgan fingerprint density at radius 2 is 2.07 bits per heavy atom. The van der Waals surface area contributed by atoms with E-state index in [4.69, 9.17) is 5.73 Å². The molecule has 0 radical (unpaired) electrons. The molecule has 15 heavy (non-hydrogen) atoms. The quantitative estimate of drug-likeness (QED) is 0.666. The van der Waals surface area contributed by atoms with E-state index in [-0.39, 0.29) is 0 Å². The number of rotatable bonds is 8. The van der Waals surface area contributed by atoms with Crippen molar-refractivity contribution in [2.45, 2.75) is 57.9 Å². The molecule has 0 heterocycles. The van der Waals surface area contributed by atoms with Gasteiger partial charge in [0.1, 0.15) is 0 Å². The second-order valence-electron chi connectivity index (χ2n) is 5.59. The molecule has 0 aromatic carbocycles. The number of hydrogen-bond donors (Lipinski definition) is 1. The average Bonchev–Trinajstić information content (AvgIpc) is 3.07. The maximum absolute atomic E-state index is 5.70. The van der Waals surface area contributed by atoms with Gasteiger partial charge in [-0.1, -0.05) is 13.3 Å². The number of unbranched alkanes of at least 4 members (excludes halogenated alkanes) is 1. The summed E-state index contributed by atoms with van der Waals surface area (Å²) in [6.07, 6.45) is 9.70. The number of nitrogens with two attached hydrogens (primary N) is 1. The number of nitrogens with zero attached hydrogens (tertiary/aromatic N) is 1. The first-order chi connectivity index (χ1) is 7.29. The summed E-state index contributed by atoms with van der Waals surface area (Å²) in [4.78, 5) is 2.76. The monoisotopic (exact) mass is 210 g/mol. The summed E-state index contributed by atoms with van der Waals surface area (Å²) in [5.74, 6) is 0. The van der Waals surface area contributed by atoms with Crippen LogP contribution in [0.5, 0.6) is 0 Å². The highest BCUT2D eigenvalue weighted by molar-refractivity contribution is 4.98. The minimum Gasteiger partial charge on any atom is -0.330 e. The highest BCUT2D eigenvalue weighted by Crippen LogP contribution is 2.50. The maximum atomic E-state index is 5.70. The molecule has 2 saturated carbocycles. The first-order valence-corrected chi connectivity index (χ1v) is 6.74. The maximum Gasteiger partial charge on any atom is 0.00966 e. The molecule has 2 fully saturated rings. The molecule has 2 nitrogen and oxygen atoms in total. The van der Waals surface area contributed by atoms with Gasteiger partial charge in [0.25, 0.3) is 0 Å². The Balaban J connectivity index is 1.78. The van der Waals surface area contributed by atoms with Gasteiger partial charge in [-0.3, -0.25) is 4.90 Å². The molecular weight excluding hydrogens is 184 g/mol. The Morgan fingerprint density at radius 1 is 1.33 bits per heavy atom. The van der Waals surface area contributed by atoms with Gasteiger partial charge in [0.15, 0.2) is 0 Å². The first kappa shape index (κ1) is 11.4. The van der Waals surface area contributed by atoms with Crippen LogP contribution in [-0.2, 0) is 0 Å². The summed E-state index contributed by atoms with van der Waals surface area (Å²) in [7, 11) is 0. The van der Waals surface area contributed by atoms with E-state index in [0.29, 0.717) is 5.41 Å². The van der Waals surface area contributed by atoms with Crippen molar-refractivity contribution in [3.8, 4) is 0 Å². The van der Waals surface area contributed by atoms with E-state index in [2.05, 4.69) is 11.8 Å². The molecule has 0 bridgehead atoms. The second kappa shape index (κ2) is 4.84. The Morgan fingerprint density at radius 3 is 2.53 bits per heavy atom. The van der Waals surface area contributed by atoms with Crippen LogP contribution in [0.4, 0.5) is 0 Å². The van der Waals surface area contributed by atoms with Crippen molar-refractivity contribution in [2.75, 3.05) is 19.6 Å². The van der Waals surface area contributed by atoms with Crippen LogP contribution in [0.25, 0.3) is 0 Å². The van der Waals surface area contributed by atoms with Gasteiger partial charge in [0.05, 0.1) is 0 Å². The van der Waals surface area contributed by atoms with Gasteiger partial charge in [0.2, 0.25) is 0 Å². The van der Waals surface area contributed by atoms with Gasteiger partial charge in [-0.25, -0.2) is 0 Å². The summed E-state index contributed by atoms with van der Waals surface area (Å²) in [6, 6.07) is 0.937. The Bertz CT molecular complexity index is 195. The lowest BCUT2D eigenvalue weighted by molar-refractivity contribution is 0.202. The zero-order valence-electron chi connectivity index (χ0n) is 10.2. The van der Waals surface area contributed by atoms with Crippen LogP contribution in [0, 0.1) is 5.41 Å². The van der Waals surface area contributed by atoms with Gasteiger partial charge in [-0.05, 0) is 57.0 Å². The Kier molecular flexibility index (Phi) is 3.68. The van der Waals surface area contributed by atoms with Crippen molar-refractivity contribution >= 4 is 0 Å². The third kappa shape index (κ3) is 3.18. The van der Waals surface area contributed by atoms with Crippen molar-refractivity contribution < 1.29 is 0 Å². The van der Waals surface area contributed by atoms with E-state index in [9.17, 15) is 0 Å². The minimum absolute atomic E-state index is 0.644. The van der Waals surface area contributed by atoms with Crippen LogP contribution in [0.15, 0.2) is 0 Å². The van der Waals surface area contributed by atoms with E-state index in [1.54, 1.807) is 0 Å². The number of hydrogen-bond acceptors (Lipinski definition) is 2. The predicted molar refractivity (Wildman–Crippen MR) is 64.8 cm³/mol. The molecule has 88 valence electrons. The first-order valence-electron chi connectivity index (χ1n) is 6.74. The van der Waals surface area contributed by atoms with Crippen LogP contribution >= 0.6 is 0 Å². The smallest absolute Gasteiger partial charge is 0.00966 e. The van der Waals surface area contributed by atoms with E-state index in [1.807, 2.05) is 0 Å². The molecule has 0 spiro atoms. The Hall–Kier alpha value is -0.0800. The second-order valence-corrected chi connectivity index (χ2v) is 5.59. The largest absolute Gasteiger partial charge is 0.330 e. The topological polar surface area (TPSA) is 29.3 Å². The van der Waals surface area contributed by atoms with Crippen molar-refractivity contribution in [2.24, 2.45) is 11.1 Å². The molecule has 0 unspecified atom stereocenters. The van der Waals surface area contributed by atoms with Crippen LogP contribution < -0.4 is 5.73 Å². The third-order valence-corrected chi connectivity index (χ3v) is 4.03. The van der Waals surface area contributed by atoms with E-state index in [1.165, 1.54) is 58.0 Å². The van der Waals surface area contributed by atoms with Crippen molar-refractivity contribution in [3.63, 3.8) is 0 Å². The molecular formula is C13H26N2. The predicted octanol–water partition coefficient (Wildman–Crippen LogP) is 2.38. The van der Waals surface area contributed by atoms with E-state index >= 15 is 0 Å². The zero-order valence-corrected chi connectivity index (χ0v) is 10.2. The van der Waals surface area contributed by atoms with Crippen LogP contribution in [-0.4, -0.2) is 30.6 Å². The summed E-state index contributed by atoms with van der Waals surface area (Å²) in [5.41, 5.74) is 6.35. The Labute approximate surface area is 94.2 Å². The molecule has 0 atom stereocenters. The summed E-state index contributed by atoms with van der Waals surface area (Å²) in [5, 5.41) is 0. The third-order valence-electron chi connectivity index (χ3n) is 4.03. The molecule has 2 N–H and O–H groups in total. The molecule has 0 aromatic rings. The molecule has 2 aliphatic carbocycles. The van der Waals surface area contributed by atoms with Gasteiger partial charge in [0, 0.05) is 12.6 Å². The highest BCUT2D eigenvalue weighted by Gasteiger charge is 2.44. The minimum atomic E-state index is 0.644. The molecule has 0 saturated heterocycles. The standard InChI is InChI=1S/C13H26N2/c1-2-3-10-15(12-4-5-12)11-13(6-7-13)8-9-14/h12H,2-11,14H2,1H3. The van der Waals surface area contributed by atoms with Crippen molar-refractivity contribution in [1.82, 2.24) is 4.90 Å². The molecule has 0 aromatic heterocycles. The van der Waals surface area contributed by atoms with Crippen LogP contribution in [0.2, 0.25) is 0 Å². The highest BCUT2D eigenvalue weighted by atomic mass is 15.2. The lowest BCUT2D eigenvalue weighted by Crippen LogP contribution is -2.34. The van der Waals surface area contributed by atoms with Crippen molar-refractivity contribution in [1.29, 1.82) is 0 Å². The fourth-order valence-corrected chi connectivity index (χ4v) is 2.59. The molecule has 2 aliphatic rings. The van der Waals surface area contributed by atoms with Crippen LogP contribution in [0.3, 0.4) is 0 Å².